The van der Waals surface area contributed by atoms with Gasteiger partial charge in [-0.3, -0.25) is 4.79 Å². The number of ketones is 1. The molecule has 17 heavy (non-hydrogen) atoms. The fourth-order valence-corrected chi connectivity index (χ4v) is 3.75. The van der Waals surface area contributed by atoms with Crippen LogP contribution in [0, 0.1) is 0 Å². The van der Waals surface area contributed by atoms with Gasteiger partial charge in [0.1, 0.15) is 5.78 Å². The summed E-state index contributed by atoms with van der Waals surface area (Å²) in [7, 11) is -3.52. The minimum Gasteiger partial charge on any atom is -0.298 e. The Hall–Kier alpha value is -0.460. The quantitative estimate of drug-likeness (QED) is 0.805. The molecule has 1 rings (SSSR count). The minimum absolute atomic E-state index is 0.0187. The van der Waals surface area contributed by atoms with Gasteiger partial charge in [-0.05, 0) is 26.7 Å². The molecule has 1 heterocycles. The van der Waals surface area contributed by atoms with Crippen LogP contribution in [0.2, 0.25) is 0 Å². The number of carbonyl (C=O) groups excluding carboxylic acids is 1. The highest BCUT2D eigenvalue weighted by atomic mass is 32.2. The Kier molecular flexibility index (Phi) is 5.09. The first-order valence-corrected chi connectivity index (χ1v) is 7.64. The van der Waals surface area contributed by atoms with Gasteiger partial charge in [-0.25, -0.2) is 0 Å². The highest BCUT2D eigenvalue weighted by Gasteiger charge is 2.31. The maximum atomic E-state index is 12.1. The lowest BCUT2D eigenvalue weighted by atomic mass is 10.1. The Morgan fingerprint density at radius 3 is 2.65 bits per heavy atom. The van der Waals surface area contributed by atoms with Crippen LogP contribution in [-0.4, -0.2) is 37.1 Å². The Morgan fingerprint density at radius 1 is 1.47 bits per heavy atom. The zero-order valence-electron chi connectivity index (χ0n) is 10.8. The molecule has 0 aromatic heterocycles. The highest BCUT2D eigenvalue weighted by molar-refractivity contribution is 7.87. The highest BCUT2D eigenvalue weighted by Crippen LogP contribution is 2.19. The van der Waals surface area contributed by atoms with Crippen LogP contribution in [0.5, 0.6) is 0 Å². The molecule has 0 aliphatic carbocycles. The van der Waals surface area contributed by atoms with Crippen molar-refractivity contribution in [3.8, 4) is 0 Å². The van der Waals surface area contributed by atoms with Crippen LogP contribution >= 0.6 is 0 Å². The topological polar surface area (TPSA) is 66.5 Å². The van der Waals surface area contributed by atoms with E-state index in [1.165, 1.54) is 4.31 Å². The Balaban J connectivity index is 2.70. The first-order valence-electron chi connectivity index (χ1n) is 6.20. The summed E-state index contributed by atoms with van der Waals surface area (Å²) in [5.41, 5.74) is 0. The van der Waals surface area contributed by atoms with Gasteiger partial charge in [-0.2, -0.15) is 17.4 Å². The van der Waals surface area contributed by atoms with Crippen LogP contribution in [0.15, 0.2) is 0 Å². The van der Waals surface area contributed by atoms with E-state index in [1.54, 1.807) is 13.8 Å². The molecule has 1 saturated heterocycles. The lowest BCUT2D eigenvalue weighted by Gasteiger charge is -2.32. The first-order chi connectivity index (χ1) is 7.88. The molecule has 0 bridgehead atoms. The van der Waals surface area contributed by atoms with Gasteiger partial charge >= 0.3 is 0 Å². The first kappa shape index (κ1) is 14.6. The molecule has 1 aliphatic heterocycles. The van der Waals surface area contributed by atoms with Crippen molar-refractivity contribution in [3.63, 3.8) is 0 Å². The van der Waals surface area contributed by atoms with E-state index in [1.807, 2.05) is 6.92 Å². The molecule has 1 aliphatic rings. The molecule has 2 unspecified atom stereocenters. The average Bonchev–Trinajstić information content (AvgIpc) is 2.27. The Bertz CT molecular complexity index is 367. The van der Waals surface area contributed by atoms with Gasteiger partial charge in [-0.1, -0.05) is 13.3 Å². The fraction of sp³-hybridized carbons (Fsp3) is 0.909. The lowest BCUT2D eigenvalue weighted by Crippen LogP contribution is -2.51. The third kappa shape index (κ3) is 3.76. The van der Waals surface area contributed by atoms with E-state index >= 15 is 0 Å². The maximum Gasteiger partial charge on any atom is 0.280 e. The van der Waals surface area contributed by atoms with Crippen molar-refractivity contribution < 1.29 is 13.2 Å². The molecule has 6 heteroatoms. The SMILES string of the molecule is CCC(=O)C(C)NS(=O)(=O)N1CCCCC1C. The van der Waals surface area contributed by atoms with E-state index in [2.05, 4.69) is 4.72 Å². The molecule has 0 spiro atoms. The van der Waals surface area contributed by atoms with E-state index in [4.69, 9.17) is 0 Å². The summed E-state index contributed by atoms with van der Waals surface area (Å²) in [5.74, 6) is -0.0850. The van der Waals surface area contributed by atoms with Crippen molar-refractivity contribution in [1.29, 1.82) is 0 Å². The molecule has 0 amide bonds. The number of nitrogens with one attached hydrogen (secondary N) is 1. The van der Waals surface area contributed by atoms with Crippen molar-refractivity contribution >= 4 is 16.0 Å². The molecular formula is C11H22N2O3S. The molecule has 1 fully saturated rings. The molecule has 100 valence electrons. The summed E-state index contributed by atoms with van der Waals surface area (Å²) in [6.45, 7) is 5.78. The van der Waals surface area contributed by atoms with Gasteiger partial charge in [0.2, 0.25) is 0 Å². The predicted molar refractivity (Wildman–Crippen MR) is 66.8 cm³/mol. The van der Waals surface area contributed by atoms with E-state index < -0.39 is 16.3 Å². The lowest BCUT2D eigenvalue weighted by molar-refractivity contribution is -0.120. The standard InChI is InChI=1S/C11H22N2O3S/c1-4-11(14)10(3)12-17(15,16)13-8-6-5-7-9(13)2/h9-10,12H,4-8H2,1-3H3. The van der Waals surface area contributed by atoms with Gasteiger partial charge in [-0.15, -0.1) is 0 Å². The summed E-state index contributed by atoms with van der Waals surface area (Å²) in [6.07, 6.45) is 3.19. The summed E-state index contributed by atoms with van der Waals surface area (Å²) in [4.78, 5) is 11.4. The number of piperidine rings is 1. The summed E-state index contributed by atoms with van der Waals surface area (Å²) >= 11 is 0. The molecule has 2 atom stereocenters. The molecule has 1 N–H and O–H groups in total. The van der Waals surface area contributed by atoms with Crippen molar-refractivity contribution in [2.75, 3.05) is 6.54 Å². The smallest absolute Gasteiger partial charge is 0.280 e. The number of hydrogen-bond donors (Lipinski definition) is 1. The van der Waals surface area contributed by atoms with E-state index in [0.29, 0.717) is 13.0 Å². The predicted octanol–water partition coefficient (Wildman–Crippen LogP) is 1.06. The normalized spacial score (nSPS) is 24.5. The summed E-state index contributed by atoms with van der Waals surface area (Å²) in [5, 5.41) is 0. The van der Waals surface area contributed by atoms with E-state index in [0.717, 1.165) is 19.3 Å². The minimum atomic E-state index is -3.52. The van der Waals surface area contributed by atoms with Crippen LogP contribution in [0.1, 0.15) is 46.5 Å². The molecular weight excluding hydrogens is 240 g/mol. The van der Waals surface area contributed by atoms with Crippen molar-refractivity contribution in [1.82, 2.24) is 9.03 Å². The molecule has 0 aromatic rings. The van der Waals surface area contributed by atoms with Crippen molar-refractivity contribution in [2.24, 2.45) is 0 Å². The Morgan fingerprint density at radius 2 is 2.12 bits per heavy atom. The second-order valence-corrected chi connectivity index (χ2v) is 6.27. The van der Waals surface area contributed by atoms with Crippen LogP contribution in [0.3, 0.4) is 0 Å². The van der Waals surface area contributed by atoms with Gasteiger partial charge in [0.05, 0.1) is 6.04 Å². The molecule has 0 aromatic carbocycles. The molecule has 0 radical (unpaired) electrons. The number of nitrogens with zero attached hydrogens (tertiary/aromatic N) is 1. The zero-order valence-corrected chi connectivity index (χ0v) is 11.6. The second kappa shape index (κ2) is 5.93. The zero-order chi connectivity index (χ0) is 13.1. The third-order valence-corrected chi connectivity index (χ3v) is 5.02. The van der Waals surface area contributed by atoms with E-state index in [9.17, 15) is 13.2 Å². The van der Waals surface area contributed by atoms with Gasteiger partial charge < -0.3 is 0 Å². The van der Waals surface area contributed by atoms with Crippen LogP contribution in [0.4, 0.5) is 0 Å². The van der Waals surface area contributed by atoms with Crippen molar-refractivity contribution in [2.45, 2.75) is 58.5 Å². The third-order valence-electron chi connectivity index (χ3n) is 3.21. The number of hydrogen-bond acceptors (Lipinski definition) is 3. The number of Topliss-reactive ketones (excluding diaryl/α,β-unsaturated/α-hetero) is 1. The van der Waals surface area contributed by atoms with E-state index in [-0.39, 0.29) is 11.8 Å². The summed E-state index contributed by atoms with van der Waals surface area (Å²) < 4.78 is 28.1. The van der Waals surface area contributed by atoms with Gasteiger partial charge in [0, 0.05) is 19.0 Å². The van der Waals surface area contributed by atoms with Crippen molar-refractivity contribution in [3.05, 3.63) is 0 Å². The molecule has 0 saturated carbocycles. The number of rotatable bonds is 5. The fourth-order valence-electron chi connectivity index (χ4n) is 2.09. The Labute approximate surface area is 104 Å². The van der Waals surface area contributed by atoms with Crippen LogP contribution in [-0.2, 0) is 15.0 Å². The largest absolute Gasteiger partial charge is 0.298 e. The monoisotopic (exact) mass is 262 g/mol. The summed E-state index contributed by atoms with van der Waals surface area (Å²) in [6, 6.07) is -0.621. The van der Waals surface area contributed by atoms with Gasteiger partial charge in [0.25, 0.3) is 10.2 Å². The maximum absolute atomic E-state index is 12.1. The van der Waals surface area contributed by atoms with Crippen LogP contribution < -0.4 is 4.72 Å². The average molecular weight is 262 g/mol. The second-order valence-electron chi connectivity index (χ2n) is 4.62. The molecule has 5 nitrogen and oxygen atoms in total. The number of carbonyl (C=O) groups is 1. The van der Waals surface area contributed by atoms with Gasteiger partial charge in [0.15, 0.2) is 0 Å². The van der Waals surface area contributed by atoms with Crippen LogP contribution in [0.25, 0.3) is 0 Å².